The Morgan fingerprint density at radius 3 is 2.87 bits per heavy atom. The zero-order chi connectivity index (χ0) is 10.8. The average Bonchev–Trinajstić information content (AvgIpc) is 2.60. The third-order valence-electron chi connectivity index (χ3n) is 2.22. The maximum Gasteiger partial charge on any atom is 0.125 e. The highest BCUT2D eigenvalue weighted by Gasteiger charge is 2.05. The molecule has 0 aliphatic carbocycles. The van der Waals surface area contributed by atoms with Crippen LogP contribution in [-0.4, -0.2) is 9.78 Å². The molecule has 0 radical (unpaired) electrons. The van der Waals surface area contributed by atoms with Crippen LogP contribution in [0.2, 0.25) is 0 Å². The number of hydrogen-bond donors (Lipinski definition) is 0. The first-order valence-corrected chi connectivity index (χ1v) is 5.70. The minimum atomic E-state index is -0.249. The molecular weight excluding hydrogens is 259 g/mol. The van der Waals surface area contributed by atoms with Crippen molar-refractivity contribution in [2.45, 2.75) is 12.3 Å². The summed E-state index contributed by atoms with van der Waals surface area (Å²) in [6.45, 7) is 1.94. The van der Waals surface area contributed by atoms with Gasteiger partial charge in [0, 0.05) is 17.1 Å². The molecule has 0 bridgehead atoms. The Morgan fingerprint density at radius 1 is 1.47 bits per heavy atom. The summed E-state index contributed by atoms with van der Waals surface area (Å²) in [6, 6.07) is 6.39. The topological polar surface area (TPSA) is 17.8 Å². The summed E-state index contributed by atoms with van der Waals surface area (Å²) in [5.74, 6) is -0.249. The predicted octanol–water partition coefficient (Wildman–Crippen LogP) is 3.21. The van der Waals surface area contributed by atoms with Crippen LogP contribution < -0.4 is 0 Å². The molecular formula is C11H10BrFN2. The first-order valence-electron chi connectivity index (χ1n) is 4.58. The van der Waals surface area contributed by atoms with Gasteiger partial charge in [0.15, 0.2) is 0 Å². The van der Waals surface area contributed by atoms with Crippen molar-refractivity contribution in [3.8, 4) is 5.69 Å². The molecule has 1 heterocycles. The van der Waals surface area contributed by atoms with Crippen LogP contribution in [0.4, 0.5) is 4.39 Å². The van der Waals surface area contributed by atoms with Crippen molar-refractivity contribution in [2.24, 2.45) is 0 Å². The molecule has 0 saturated carbocycles. The molecule has 2 rings (SSSR count). The second-order valence-electron chi connectivity index (χ2n) is 3.30. The lowest BCUT2D eigenvalue weighted by atomic mass is 10.3. The van der Waals surface area contributed by atoms with Crippen LogP contribution >= 0.6 is 15.9 Å². The van der Waals surface area contributed by atoms with Gasteiger partial charge in [0.1, 0.15) is 5.82 Å². The van der Waals surface area contributed by atoms with Gasteiger partial charge in [-0.25, -0.2) is 9.07 Å². The van der Waals surface area contributed by atoms with Gasteiger partial charge in [-0.1, -0.05) is 22.0 Å². The monoisotopic (exact) mass is 268 g/mol. The van der Waals surface area contributed by atoms with E-state index in [1.165, 1.54) is 12.1 Å². The molecule has 0 unspecified atom stereocenters. The zero-order valence-corrected chi connectivity index (χ0v) is 9.83. The molecule has 0 saturated heterocycles. The minimum Gasteiger partial charge on any atom is -0.240 e. The van der Waals surface area contributed by atoms with Crippen LogP contribution in [0.15, 0.2) is 30.5 Å². The van der Waals surface area contributed by atoms with Crippen molar-refractivity contribution in [1.82, 2.24) is 9.78 Å². The molecule has 1 aromatic carbocycles. The summed E-state index contributed by atoms with van der Waals surface area (Å²) < 4.78 is 14.7. The number of aryl methyl sites for hydroxylation is 1. The third-order valence-corrected chi connectivity index (χ3v) is 2.82. The van der Waals surface area contributed by atoms with Crippen LogP contribution in [0.3, 0.4) is 0 Å². The summed E-state index contributed by atoms with van der Waals surface area (Å²) in [7, 11) is 0. The minimum absolute atomic E-state index is 0.249. The largest absolute Gasteiger partial charge is 0.240 e. The Hall–Kier alpha value is -1.16. The lowest BCUT2D eigenvalue weighted by Gasteiger charge is -1.99. The summed E-state index contributed by atoms with van der Waals surface area (Å²) in [6.07, 6.45) is 1.90. The maximum atomic E-state index is 13.0. The number of halogens is 2. The van der Waals surface area contributed by atoms with E-state index >= 15 is 0 Å². The van der Waals surface area contributed by atoms with Gasteiger partial charge < -0.3 is 0 Å². The summed E-state index contributed by atoms with van der Waals surface area (Å²) in [5.41, 5.74) is 2.81. The molecule has 15 heavy (non-hydrogen) atoms. The van der Waals surface area contributed by atoms with Crippen molar-refractivity contribution in [1.29, 1.82) is 0 Å². The highest BCUT2D eigenvalue weighted by atomic mass is 79.9. The first-order chi connectivity index (χ1) is 7.20. The molecule has 0 amide bonds. The lowest BCUT2D eigenvalue weighted by Crippen LogP contribution is -1.94. The fraction of sp³-hybridized carbons (Fsp3) is 0.182. The number of hydrogen-bond acceptors (Lipinski definition) is 1. The van der Waals surface area contributed by atoms with Crippen LogP contribution in [0.25, 0.3) is 5.69 Å². The van der Waals surface area contributed by atoms with E-state index < -0.39 is 0 Å². The van der Waals surface area contributed by atoms with Crippen molar-refractivity contribution in [3.05, 3.63) is 47.5 Å². The second kappa shape index (κ2) is 4.14. The van der Waals surface area contributed by atoms with Gasteiger partial charge in [0.25, 0.3) is 0 Å². The van der Waals surface area contributed by atoms with E-state index in [9.17, 15) is 4.39 Å². The average molecular weight is 269 g/mol. The molecule has 0 atom stereocenters. The van der Waals surface area contributed by atoms with Crippen molar-refractivity contribution < 1.29 is 4.39 Å². The number of benzene rings is 1. The fourth-order valence-corrected chi connectivity index (χ4v) is 1.93. The van der Waals surface area contributed by atoms with Crippen LogP contribution in [0.1, 0.15) is 11.3 Å². The highest BCUT2D eigenvalue weighted by molar-refractivity contribution is 9.08. The molecule has 4 heteroatoms. The summed E-state index contributed by atoms with van der Waals surface area (Å²) in [4.78, 5) is 0. The molecule has 0 spiro atoms. The Kier molecular flexibility index (Phi) is 2.86. The van der Waals surface area contributed by atoms with Gasteiger partial charge in [-0.3, -0.25) is 0 Å². The van der Waals surface area contributed by atoms with E-state index in [4.69, 9.17) is 0 Å². The Labute approximate surface area is 95.9 Å². The van der Waals surface area contributed by atoms with Crippen LogP contribution in [0, 0.1) is 12.7 Å². The first kappa shape index (κ1) is 10.4. The number of nitrogens with zero attached hydrogens (tertiary/aromatic N) is 2. The zero-order valence-electron chi connectivity index (χ0n) is 8.24. The van der Waals surface area contributed by atoms with Gasteiger partial charge >= 0.3 is 0 Å². The van der Waals surface area contributed by atoms with E-state index in [-0.39, 0.29) is 5.82 Å². The van der Waals surface area contributed by atoms with E-state index in [1.54, 1.807) is 10.7 Å². The standard InChI is InChI=1S/C11H10BrFN2/c1-8-9(6-12)7-15(14-8)11-4-2-3-10(13)5-11/h2-5,7H,6H2,1H3. The molecule has 2 aromatic rings. The molecule has 0 fully saturated rings. The lowest BCUT2D eigenvalue weighted by molar-refractivity contribution is 0.625. The molecule has 0 N–H and O–H groups in total. The van der Waals surface area contributed by atoms with Gasteiger partial charge in [-0.05, 0) is 25.1 Å². The molecule has 78 valence electrons. The van der Waals surface area contributed by atoms with E-state index in [0.29, 0.717) is 0 Å². The SMILES string of the molecule is Cc1nn(-c2cccc(F)c2)cc1CBr. The number of rotatable bonds is 2. The number of alkyl halides is 1. The number of aromatic nitrogens is 2. The Balaban J connectivity index is 2.45. The van der Waals surface area contributed by atoms with Crippen molar-refractivity contribution >= 4 is 15.9 Å². The van der Waals surface area contributed by atoms with Gasteiger partial charge in [0.05, 0.1) is 11.4 Å². The predicted molar refractivity (Wildman–Crippen MR) is 60.9 cm³/mol. The van der Waals surface area contributed by atoms with E-state index in [2.05, 4.69) is 21.0 Å². The van der Waals surface area contributed by atoms with Crippen LogP contribution in [0.5, 0.6) is 0 Å². The van der Waals surface area contributed by atoms with Crippen molar-refractivity contribution in [3.63, 3.8) is 0 Å². The van der Waals surface area contributed by atoms with E-state index in [1.807, 2.05) is 19.2 Å². The van der Waals surface area contributed by atoms with Gasteiger partial charge in [0.2, 0.25) is 0 Å². The molecule has 2 nitrogen and oxygen atoms in total. The Bertz CT molecular complexity index is 479. The fourth-order valence-electron chi connectivity index (χ4n) is 1.38. The van der Waals surface area contributed by atoms with E-state index in [0.717, 1.165) is 22.3 Å². The summed E-state index contributed by atoms with van der Waals surface area (Å²) >= 11 is 3.38. The summed E-state index contributed by atoms with van der Waals surface area (Å²) in [5, 5.41) is 5.07. The third kappa shape index (κ3) is 2.09. The highest BCUT2D eigenvalue weighted by Crippen LogP contribution is 2.14. The van der Waals surface area contributed by atoms with Crippen LogP contribution in [-0.2, 0) is 5.33 Å². The second-order valence-corrected chi connectivity index (χ2v) is 3.86. The van der Waals surface area contributed by atoms with Gasteiger partial charge in [-0.2, -0.15) is 5.10 Å². The normalized spacial score (nSPS) is 10.6. The smallest absolute Gasteiger partial charge is 0.125 e. The van der Waals surface area contributed by atoms with Crippen molar-refractivity contribution in [2.75, 3.05) is 0 Å². The molecule has 0 aliphatic heterocycles. The quantitative estimate of drug-likeness (QED) is 0.765. The Morgan fingerprint density at radius 2 is 2.27 bits per heavy atom. The van der Waals surface area contributed by atoms with Gasteiger partial charge in [-0.15, -0.1) is 0 Å². The maximum absolute atomic E-state index is 13.0. The molecule has 1 aromatic heterocycles. The molecule has 0 aliphatic rings.